The first kappa shape index (κ1) is 26.9. The highest BCUT2D eigenvalue weighted by molar-refractivity contribution is 6.14. The summed E-state index contributed by atoms with van der Waals surface area (Å²) < 4.78 is 6.01. The normalized spacial score (nSPS) is 11.4. The van der Waals surface area contributed by atoms with Gasteiger partial charge in [0.1, 0.15) is 5.52 Å². The van der Waals surface area contributed by atoms with Gasteiger partial charge in [0.2, 0.25) is 5.89 Å². The van der Waals surface area contributed by atoms with Crippen molar-refractivity contribution in [3.63, 3.8) is 0 Å². The van der Waals surface area contributed by atoms with Gasteiger partial charge in [-0.05, 0) is 114 Å². The molecule has 0 bridgehead atoms. The molecule has 218 valence electrons. The molecule has 0 N–H and O–H groups in total. The first-order valence-corrected chi connectivity index (χ1v) is 15.7. The van der Waals surface area contributed by atoms with Crippen LogP contribution in [0.5, 0.6) is 0 Å². The average molecular weight is 599 g/mol. The lowest BCUT2D eigenvalue weighted by Crippen LogP contribution is -1.90. The molecule has 8 aromatic carbocycles. The van der Waals surface area contributed by atoms with E-state index in [1.807, 2.05) is 36.4 Å². The van der Waals surface area contributed by atoms with Crippen LogP contribution in [0.15, 0.2) is 162 Å². The number of oxazole rings is 1. The molecule has 0 aliphatic heterocycles. The highest BCUT2D eigenvalue weighted by Crippen LogP contribution is 2.40. The number of para-hydroxylation sites is 2. The van der Waals surface area contributed by atoms with Gasteiger partial charge in [0.05, 0.1) is 11.6 Å². The molecule has 0 atom stereocenters. The molecule has 0 fully saturated rings. The number of nitrogens with zero attached hydrogens (tertiary/aromatic N) is 2. The van der Waals surface area contributed by atoms with Gasteiger partial charge in [0.15, 0.2) is 5.58 Å². The molecule has 0 amide bonds. The number of fused-ring (bicyclic) bond motifs is 5. The minimum atomic E-state index is 0.616. The van der Waals surface area contributed by atoms with Crippen LogP contribution >= 0.6 is 0 Å². The third-order valence-electron chi connectivity index (χ3n) is 9.11. The lowest BCUT2D eigenvalue weighted by Gasteiger charge is -2.15. The summed E-state index contributed by atoms with van der Waals surface area (Å²) in [6.07, 6.45) is 0. The Morgan fingerprint density at radius 2 is 1.00 bits per heavy atom. The van der Waals surface area contributed by atoms with Crippen LogP contribution in [0, 0.1) is 11.3 Å². The summed E-state index contributed by atoms with van der Waals surface area (Å²) in [5.74, 6) is 0.616. The maximum Gasteiger partial charge on any atom is 0.227 e. The highest BCUT2D eigenvalue weighted by atomic mass is 16.3. The fourth-order valence-electron chi connectivity index (χ4n) is 6.89. The number of nitriles is 1. The second-order valence-electron chi connectivity index (χ2n) is 11.9. The van der Waals surface area contributed by atoms with Crippen molar-refractivity contribution in [3.05, 3.63) is 163 Å². The van der Waals surface area contributed by atoms with Gasteiger partial charge in [0.25, 0.3) is 0 Å². The number of rotatable bonds is 4. The van der Waals surface area contributed by atoms with Gasteiger partial charge in [-0.25, -0.2) is 4.98 Å². The molecule has 0 aliphatic rings. The van der Waals surface area contributed by atoms with Crippen LogP contribution in [-0.2, 0) is 0 Å². The summed E-state index contributed by atoms with van der Waals surface area (Å²) in [4.78, 5) is 4.67. The summed E-state index contributed by atoms with van der Waals surface area (Å²) in [7, 11) is 0. The fourth-order valence-corrected chi connectivity index (χ4v) is 6.89. The summed E-state index contributed by atoms with van der Waals surface area (Å²) in [6, 6.07) is 57.1. The van der Waals surface area contributed by atoms with Crippen LogP contribution in [0.25, 0.3) is 88.3 Å². The molecule has 0 aliphatic carbocycles. The van der Waals surface area contributed by atoms with Crippen LogP contribution in [0.3, 0.4) is 0 Å². The van der Waals surface area contributed by atoms with E-state index >= 15 is 0 Å². The molecule has 3 nitrogen and oxygen atoms in total. The Kier molecular flexibility index (Phi) is 6.19. The Bertz CT molecular complexity index is 2660. The molecule has 0 spiro atoms. The van der Waals surface area contributed by atoms with Crippen LogP contribution in [0.1, 0.15) is 5.56 Å². The summed E-state index contributed by atoms with van der Waals surface area (Å²) in [5.41, 5.74) is 9.73. The zero-order valence-corrected chi connectivity index (χ0v) is 25.3. The number of benzene rings is 8. The molecule has 0 radical (unpaired) electrons. The van der Waals surface area contributed by atoms with Gasteiger partial charge >= 0.3 is 0 Å². The van der Waals surface area contributed by atoms with Crippen LogP contribution in [0.4, 0.5) is 0 Å². The first-order chi connectivity index (χ1) is 23.2. The molecular formula is C44H26N2O. The Morgan fingerprint density at radius 1 is 0.447 bits per heavy atom. The summed E-state index contributed by atoms with van der Waals surface area (Å²) >= 11 is 0. The molecule has 0 saturated carbocycles. The van der Waals surface area contributed by atoms with Gasteiger partial charge in [-0.3, -0.25) is 0 Å². The Balaban J connectivity index is 1.17. The van der Waals surface area contributed by atoms with Crippen molar-refractivity contribution in [2.45, 2.75) is 0 Å². The van der Waals surface area contributed by atoms with Gasteiger partial charge in [0, 0.05) is 5.56 Å². The zero-order chi connectivity index (χ0) is 31.3. The molecule has 47 heavy (non-hydrogen) atoms. The quantitative estimate of drug-likeness (QED) is 0.189. The maximum atomic E-state index is 10.2. The highest BCUT2D eigenvalue weighted by Gasteiger charge is 2.15. The van der Waals surface area contributed by atoms with Gasteiger partial charge in [-0.2, -0.15) is 5.26 Å². The van der Waals surface area contributed by atoms with Crippen molar-refractivity contribution in [2.24, 2.45) is 0 Å². The second-order valence-corrected chi connectivity index (χ2v) is 11.9. The maximum absolute atomic E-state index is 10.2. The molecule has 1 heterocycles. The Morgan fingerprint density at radius 3 is 1.70 bits per heavy atom. The molecule has 9 aromatic rings. The van der Waals surface area contributed by atoms with Crippen molar-refractivity contribution in [1.29, 1.82) is 5.26 Å². The van der Waals surface area contributed by atoms with Crippen molar-refractivity contribution >= 4 is 43.4 Å². The van der Waals surface area contributed by atoms with Crippen molar-refractivity contribution in [1.82, 2.24) is 4.98 Å². The van der Waals surface area contributed by atoms with E-state index in [0.717, 1.165) is 60.8 Å². The molecule has 9 rings (SSSR count). The molecule has 1 aromatic heterocycles. The third kappa shape index (κ3) is 4.55. The summed E-state index contributed by atoms with van der Waals surface area (Å²) in [5, 5.41) is 17.2. The van der Waals surface area contributed by atoms with E-state index in [9.17, 15) is 5.26 Å². The van der Waals surface area contributed by atoms with E-state index in [1.54, 1.807) is 0 Å². The number of hydrogen-bond donors (Lipinski definition) is 0. The molecule has 3 heteroatoms. The summed E-state index contributed by atoms with van der Waals surface area (Å²) in [6.45, 7) is 0. The van der Waals surface area contributed by atoms with Crippen LogP contribution in [-0.4, -0.2) is 4.98 Å². The van der Waals surface area contributed by atoms with E-state index in [4.69, 9.17) is 4.42 Å². The molecule has 0 saturated heterocycles. The Labute approximate surface area is 271 Å². The zero-order valence-electron chi connectivity index (χ0n) is 25.3. The fraction of sp³-hybridized carbons (Fsp3) is 0. The molecular weight excluding hydrogens is 572 g/mol. The van der Waals surface area contributed by atoms with E-state index in [-0.39, 0.29) is 0 Å². The smallest absolute Gasteiger partial charge is 0.227 e. The topological polar surface area (TPSA) is 49.8 Å². The lowest BCUT2D eigenvalue weighted by atomic mass is 9.88. The first-order valence-electron chi connectivity index (χ1n) is 15.7. The Hall–Kier alpha value is -6.50. The van der Waals surface area contributed by atoms with Crippen molar-refractivity contribution in [2.75, 3.05) is 0 Å². The SMILES string of the molecule is N#Cc1cc(-c2ccc(-c3ccc(-c4nc5ccccc5o4)cc3)c3ccccc23)cc(-c2cc3ccccc3c3ccccc23)c1. The number of hydrogen-bond acceptors (Lipinski definition) is 3. The molecule has 0 unspecified atom stereocenters. The van der Waals surface area contributed by atoms with Crippen LogP contribution < -0.4 is 0 Å². The third-order valence-corrected chi connectivity index (χ3v) is 9.11. The van der Waals surface area contributed by atoms with E-state index in [1.165, 1.54) is 21.5 Å². The average Bonchev–Trinajstić information content (AvgIpc) is 3.58. The standard InChI is InChI=1S/C44H26N2O/c45-27-28-23-32(25-33(24-28)41-26-31-9-1-2-10-34(31)37-11-5-6-14-40(37)41)36-22-21-35(38-12-3-4-13-39(36)38)29-17-19-30(20-18-29)44-46-42-15-7-8-16-43(42)47-44/h1-26H. The number of aromatic nitrogens is 1. The van der Waals surface area contributed by atoms with E-state index in [2.05, 4.69) is 132 Å². The van der Waals surface area contributed by atoms with Crippen molar-refractivity contribution < 1.29 is 4.42 Å². The lowest BCUT2D eigenvalue weighted by molar-refractivity contribution is 0.620. The van der Waals surface area contributed by atoms with Crippen LogP contribution in [0.2, 0.25) is 0 Å². The largest absolute Gasteiger partial charge is 0.436 e. The van der Waals surface area contributed by atoms with E-state index in [0.29, 0.717) is 11.5 Å². The van der Waals surface area contributed by atoms with E-state index < -0.39 is 0 Å². The second kappa shape index (κ2) is 10.8. The van der Waals surface area contributed by atoms with Gasteiger partial charge in [-0.1, -0.05) is 109 Å². The van der Waals surface area contributed by atoms with Gasteiger partial charge < -0.3 is 4.42 Å². The minimum Gasteiger partial charge on any atom is -0.436 e. The monoisotopic (exact) mass is 598 g/mol. The predicted octanol–water partition coefficient (Wildman–Crippen LogP) is 11.8. The van der Waals surface area contributed by atoms with Crippen molar-refractivity contribution in [3.8, 4) is 50.9 Å². The predicted molar refractivity (Wildman–Crippen MR) is 193 cm³/mol. The van der Waals surface area contributed by atoms with Gasteiger partial charge in [-0.15, -0.1) is 0 Å². The minimum absolute atomic E-state index is 0.616.